The molecule has 0 aliphatic carbocycles. The maximum Gasteiger partial charge on any atom is 0.336 e. The summed E-state index contributed by atoms with van der Waals surface area (Å²) in [6.07, 6.45) is 3.29. The van der Waals surface area contributed by atoms with E-state index in [2.05, 4.69) is 33.9 Å². The molecule has 1 saturated heterocycles. The number of nitrogens with zero attached hydrogens (tertiary/aromatic N) is 1. The van der Waals surface area contributed by atoms with Crippen LogP contribution >= 0.6 is 22.6 Å². The van der Waals surface area contributed by atoms with Gasteiger partial charge in [0.2, 0.25) is 0 Å². The summed E-state index contributed by atoms with van der Waals surface area (Å²) in [5.41, 5.74) is 0.835. The first-order valence-electron chi connectivity index (χ1n) is 7.50. The Balaban J connectivity index is 2.07. The lowest BCUT2D eigenvalue weighted by molar-refractivity contribution is -0.136. The highest BCUT2D eigenvalue weighted by atomic mass is 127. The Kier molecular flexibility index (Phi) is 6.44. The smallest absolute Gasteiger partial charge is 0.336 e. The normalized spacial score (nSPS) is 14.3. The number of amides is 1. The Hall–Kier alpha value is -1.57. The van der Waals surface area contributed by atoms with Gasteiger partial charge >= 0.3 is 5.97 Å². The van der Waals surface area contributed by atoms with Gasteiger partial charge in [0.15, 0.2) is 0 Å². The minimum Gasteiger partial charge on any atom is -0.488 e. The van der Waals surface area contributed by atoms with Crippen LogP contribution in [0.3, 0.4) is 0 Å². The third kappa shape index (κ3) is 4.70. The van der Waals surface area contributed by atoms with Crippen LogP contribution in [0, 0.1) is 3.57 Å². The molecule has 1 aromatic carbocycles. The van der Waals surface area contributed by atoms with Crippen LogP contribution < -0.4 is 4.74 Å². The van der Waals surface area contributed by atoms with Crippen molar-refractivity contribution in [2.24, 2.45) is 0 Å². The number of hydrogen-bond acceptors (Lipinski definition) is 4. The molecule has 1 fully saturated rings. The molecule has 23 heavy (non-hydrogen) atoms. The van der Waals surface area contributed by atoms with Crippen molar-refractivity contribution in [1.29, 1.82) is 0 Å². The summed E-state index contributed by atoms with van der Waals surface area (Å²) in [5.74, 6) is 0.0943. The average molecular weight is 429 g/mol. The summed E-state index contributed by atoms with van der Waals surface area (Å²) in [4.78, 5) is 25.7. The monoisotopic (exact) mass is 429 g/mol. The first kappa shape index (κ1) is 17.8. The first-order valence-corrected chi connectivity index (χ1v) is 8.58. The SMILES string of the molecule is C=C(COc1cc(C(=O)N2CCCCC2)ccc1I)C(=O)OC. The highest BCUT2D eigenvalue weighted by Crippen LogP contribution is 2.24. The second-order valence-electron chi connectivity index (χ2n) is 5.38. The Bertz CT molecular complexity index is 609. The van der Waals surface area contributed by atoms with Crippen LogP contribution in [0.15, 0.2) is 30.4 Å². The Labute approximate surface area is 149 Å². The van der Waals surface area contributed by atoms with Crippen LogP contribution in [0.4, 0.5) is 0 Å². The predicted octanol–water partition coefficient (Wildman–Crippen LogP) is 3.03. The molecule has 0 spiro atoms. The molecule has 2 rings (SSSR count). The van der Waals surface area contributed by atoms with Gasteiger partial charge in [-0.3, -0.25) is 4.79 Å². The van der Waals surface area contributed by atoms with E-state index >= 15 is 0 Å². The number of rotatable bonds is 5. The molecule has 0 atom stereocenters. The fraction of sp³-hybridized carbons (Fsp3) is 0.412. The van der Waals surface area contributed by atoms with Gasteiger partial charge in [-0.05, 0) is 60.1 Å². The van der Waals surface area contributed by atoms with E-state index < -0.39 is 5.97 Å². The number of ether oxygens (including phenoxy) is 2. The summed E-state index contributed by atoms with van der Waals surface area (Å²) in [6, 6.07) is 5.37. The first-order chi connectivity index (χ1) is 11.0. The molecule has 1 aliphatic heterocycles. The van der Waals surface area contributed by atoms with Gasteiger partial charge in [-0.2, -0.15) is 0 Å². The number of hydrogen-bond donors (Lipinski definition) is 0. The highest BCUT2D eigenvalue weighted by Gasteiger charge is 2.19. The van der Waals surface area contributed by atoms with Crippen molar-refractivity contribution in [2.45, 2.75) is 19.3 Å². The van der Waals surface area contributed by atoms with Crippen molar-refractivity contribution in [1.82, 2.24) is 4.90 Å². The van der Waals surface area contributed by atoms with Crippen LogP contribution in [-0.4, -0.2) is 43.6 Å². The van der Waals surface area contributed by atoms with Crippen LogP contribution in [0.1, 0.15) is 29.6 Å². The molecule has 5 nitrogen and oxygen atoms in total. The van der Waals surface area contributed by atoms with Gasteiger partial charge in [-0.1, -0.05) is 6.58 Å². The van der Waals surface area contributed by atoms with E-state index in [1.165, 1.54) is 13.5 Å². The lowest BCUT2D eigenvalue weighted by Gasteiger charge is -2.27. The summed E-state index contributed by atoms with van der Waals surface area (Å²) in [7, 11) is 1.30. The van der Waals surface area contributed by atoms with Crippen molar-refractivity contribution >= 4 is 34.5 Å². The standard InChI is InChI=1S/C17H20INO4/c1-12(17(21)22-2)11-23-15-10-13(6-7-14(15)18)16(20)19-8-4-3-5-9-19/h6-7,10H,1,3-5,8-9,11H2,2H3. The summed E-state index contributed by atoms with van der Waals surface area (Å²) >= 11 is 2.13. The van der Waals surface area contributed by atoms with E-state index in [-0.39, 0.29) is 18.1 Å². The van der Waals surface area contributed by atoms with Gasteiger partial charge in [0.1, 0.15) is 12.4 Å². The number of halogens is 1. The zero-order valence-electron chi connectivity index (χ0n) is 13.1. The van der Waals surface area contributed by atoms with Crippen molar-refractivity contribution in [3.05, 3.63) is 39.5 Å². The number of esters is 1. The molecular weight excluding hydrogens is 409 g/mol. The number of likely N-dealkylation sites (tertiary alicyclic amines) is 1. The van der Waals surface area contributed by atoms with Crippen LogP contribution in [0.2, 0.25) is 0 Å². The Morgan fingerprint density at radius 3 is 2.61 bits per heavy atom. The van der Waals surface area contributed by atoms with Crippen molar-refractivity contribution < 1.29 is 19.1 Å². The Morgan fingerprint density at radius 1 is 1.26 bits per heavy atom. The van der Waals surface area contributed by atoms with Gasteiger partial charge in [0, 0.05) is 18.7 Å². The lowest BCUT2D eigenvalue weighted by atomic mass is 10.1. The minimum absolute atomic E-state index is 0.0257. The van der Waals surface area contributed by atoms with Gasteiger partial charge < -0.3 is 14.4 Å². The van der Waals surface area contributed by atoms with Gasteiger partial charge in [-0.25, -0.2) is 4.79 Å². The number of carbonyl (C=O) groups excluding carboxylic acids is 2. The van der Waals surface area contributed by atoms with Crippen molar-refractivity contribution in [2.75, 3.05) is 26.8 Å². The molecule has 124 valence electrons. The number of carbonyl (C=O) groups is 2. The zero-order chi connectivity index (χ0) is 16.8. The van der Waals surface area contributed by atoms with Gasteiger partial charge in [0.05, 0.1) is 16.3 Å². The van der Waals surface area contributed by atoms with Crippen molar-refractivity contribution in [3.63, 3.8) is 0 Å². The van der Waals surface area contributed by atoms with Crippen LogP contribution in [-0.2, 0) is 9.53 Å². The number of piperidine rings is 1. The predicted molar refractivity (Wildman–Crippen MR) is 95.6 cm³/mol. The third-order valence-corrected chi connectivity index (χ3v) is 4.59. The van der Waals surface area contributed by atoms with Gasteiger partial charge in [-0.15, -0.1) is 0 Å². The fourth-order valence-electron chi connectivity index (χ4n) is 2.39. The molecule has 0 bridgehead atoms. The van der Waals surface area contributed by atoms with E-state index in [0.29, 0.717) is 11.3 Å². The molecule has 0 aromatic heterocycles. The largest absolute Gasteiger partial charge is 0.488 e. The molecule has 0 radical (unpaired) electrons. The number of methoxy groups -OCH3 is 1. The Morgan fingerprint density at radius 2 is 1.96 bits per heavy atom. The lowest BCUT2D eigenvalue weighted by Crippen LogP contribution is -2.35. The summed E-state index contributed by atoms with van der Waals surface area (Å²) in [6.45, 7) is 5.27. The summed E-state index contributed by atoms with van der Waals surface area (Å²) in [5, 5.41) is 0. The van der Waals surface area contributed by atoms with E-state index in [0.717, 1.165) is 29.5 Å². The van der Waals surface area contributed by atoms with Gasteiger partial charge in [0.25, 0.3) is 5.91 Å². The van der Waals surface area contributed by atoms with E-state index in [9.17, 15) is 9.59 Å². The van der Waals surface area contributed by atoms with E-state index in [1.807, 2.05) is 11.0 Å². The zero-order valence-corrected chi connectivity index (χ0v) is 15.3. The fourth-order valence-corrected chi connectivity index (χ4v) is 2.89. The maximum absolute atomic E-state index is 12.5. The molecule has 0 unspecified atom stereocenters. The molecular formula is C17H20INO4. The maximum atomic E-state index is 12.5. The number of benzene rings is 1. The van der Waals surface area contributed by atoms with Crippen LogP contribution in [0.5, 0.6) is 5.75 Å². The molecule has 1 aliphatic rings. The van der Waals surface area contributed by atoms with Crippen molar-refractivity contribution in [3.8, 4) is 5.75 Å². The second kappa shape index (κ2) is 8.33. The molecule has 6 heteroatoms. The molecule has 1 heterocycles. The molecule has 0 saturated carbocycles. The topological polar surface area (TPSA) is 55.8 Å². The average Bonchev–Trinajstić information content (AvgIpc) is 2.60. The molecule has 1 amide bonds. The third-order valence-electron chi connectivity index (χ3n) is 3.70. The van der Waals surface area contributed by atoms with Crippen LogP contribution in [0.25, 0.3) is 0 Å². The summed E-state index contributed by atoms with van der Waals surface area (Å²) < 4.78 is 11.1. The van der Waals surface area contributed by atoms with E-state index in [4.69, 9.17) is 4.74 Å². The van der Waals surface area contributed by atoms with E-state index in [1.54, 1.807) is 12.1 Å². The minimum atomic E-state index is -0.499. The molecule has 0 N–H and O–H groups in total. The highest BCUT2D eigenvalue weighted by molar-refractivity contribution is 14.1. The quantitative estimate of drug-likeness (QED) is 0.410. The second-order valence-corrected chi connectivity index (χ2v) is 6.54. The molecule has 1 aromatic rings.